The standard InChI is InChI=1S/C17H31N5O3S.HI/c1-2-18-17(19-8-12-22-10-4-5-11-22)20-9-14-26(23,24)21-15-16-7-3-6-13-25-16;/h4-5,10-11,16,21H,2-3,6-9,12-15H2,1H3,(H2,18,19,20);1H. The minimum atomic E-state index is -3.34. The van der Waals surface area contributed by atoms with Gasteiger partial charge in [-0.1, -0.05) is 0 Å². The van der Waals surface area contributed by atoms with Crippen LogP contribution >= 0.6 is 24.0 Å². The molecule has 2 heterocycles. The van der Waals surface area contributed by atoms with E-state index in [1.165, 1.54) is 0 Å². The van der Waals surface area contributed by atoms with Crippen LogP contribution in [0, 0.1) is 0 Å². The summed E-state index contributed by atoms with van der Waals surface area (Å²) >= 11 is 0. The van der Waals surface area contributed by atoms with Crippen molar-refractivity contribution < 1.29 is 13.2 Å². The Morgan fingerprint density at radius 1 is 1.26 bits per heavy atom. The summed E-state index contributed by atoms with van der Waals surface area (Å²) < 4.78 is 34.4. The van der Waals surface area contributed by atoms with Crippen molar-refractivity contribution in [2.45, 2.75) is 38.8 Å². The summed E-state index contributed by atoms with van der Waals surface area (Å²) in [6, 6.07) is 3.96. The van der Waals surface area contributed by atoms with Crippen molar-refractivity contribution >= 4 is 40.0 Å². The zero-order valence-electron chi connectivity index (χ0n) is 15.9. The maximum absolute atomic E-state index is 12.1. The Balaban J connectivity index is 0.00000364. The quantitative estimate of drug-likeness (QED) is 0.248. The van der Waals surface area contributed by atoms with Crippen LogP contribution in [0.25, 0.3) is 0 Å². The SMILES string of the molecule is CCNC(=NCCS(=O)(=O)NCC1CCCCO1)NCCn1cccc1.I. The highest BCUT2D eigenvalue weighted by molar-refractivity contribution is 14.0. The maximum atomic E-state index is 12.1. The first-order valence-electron chi connectivity index (χ1n) is 9.31. The number of ether oxygens (including phenoxy) is 1. The predicted molar refractivity (Wildman–Crippen MR) is 119 cm³/mol. The predicted octanol–water partition coefficient (Wildman–Crippen LogP) is 1.15. The molecule has 1 fully saturated rings. The Morgan fingerprint density at radius 3 is 2.70 bits per heavy atom. The average Bonchev–Trinajstić information content (AvgIpc) is 3.14. The van der Waals surface area contributed by atoms with E-state index in [9.17, 15) is 8.42 Å². The lowest BCUT2D eigenvalue weighted by Gasteiger charge is -2.22. The lowest BCUT2D eigenvalue weighted by Crippen LogP contribution is -2.40. The van der Waals surface area contributed by atoms with E-state index in [1.54, 1.807) is 0 Å². The van der Waals surface area contributed by atoms with Gasteiger partial charge in [0.15, 0.2) is 5.96 Å². The molecule has 8 nitrogen and oxygen atoms in total. The molecule has 0 aliphatic carbocycles. The van der Waals surface area contributed by atoms with Gasteiger partial charge in [0, 0.05) is 45.2 Å². The zero-order valence-corrected chi connectivity index (χ0v) is 19.0. The molecule has 0 saturated carbocycles. The van der Waals surface area contributed by atoms with E-state index in [4.69, 9.17) is 4.74 Å². The van der Waals surface area contributed by atoms with E-state index >= 15 is 0 Å². The Kier molecular flexibility index (Phi) is 12.0. The summed E-state index contributed by atoms with van der Waals surface area (Å²) in [5.74, 6) is 0.596. The molecule has 0 aromatic carbocycles. The second-order valence-electron chi connectivity index (χ2n) is 6.26. The summed E-state index contributed by atoms with van der Waals surface area (Å²) in [6.07, 6.45) is 7.06. The molecule has 10 heteroatoms. The van der Waals surface area contributed by atoms with E-state index in [2.05, 4.69) is 24.9 Å². The summed E-state index contributed by atoms with van der Waals surface area (Å²) in [6.45, 7) is 5.51. The second kappa shape index (κ2) is 13.3. The highest BCUT2D eigenvalue weighted by atomic mass is 127. The lowest BCUT2D eigenvalue weighted by atomic mass is 10.1. The topological polar surface area (TPSA) is 96.8 Å². The van der Waals surface area contributed by atoms with Gasteiger partial charge in [-0.15, -0.1) is 24.0 Å². The van der Waals surface area contributed by atoms with E-state index in [1.807, 2.05) is 31.5 Å². The van der Waals surface area contributed by atoms with Crippen molar-refractivity contribution in [3.8, 4) is 0 Å². The number of hydrogen-bond donors (Lipinski definition) is 3. The Hall–Kier alpha value is -0.850. The monoisotopic (exact) mass is 513 g/mol. The van der Waals surface area contributed by atoms with Crippen LogP contribution < -0.4 is 15.4 Å². The average molecular weight is 513 g/mol. The first-order chi connectivity index (χ1) is 12.6. The molecular weight excluding hydrogens is 481 g/mol. The second-order valence-corrected chi connectivity index (χ2v) is 8.19. The van der Waals surface area contributed by atoms with Gasteiger partial charge < -0.3 is 19.9 Å². The third kappa shape index (κ3) is 10.3. The fraction of sp³-hybridized carbons (Fsp3) is 0.706. The molecule has 1 atom stereocenters. The van der Waals surface area contributed by atoms with Gasteiger partial charge in [0.1, 0.15) is 0 Å². The highest BCUT2D eigenvalue weighted by Gasteiger charge is 2.17. The van der Waals surface area contributed by atoms with Gasteiger partial charge in [-0.2, -0.15) is 0 Å². The van der Waals surface area contributed by atoms with Crippen LogP contribution in [0.4, 0.5) is 0 Å². The fourth-order valence-electron chi connectivity index (χ4n) is 2.70. The molecule has 1 aromatic heterocycles. The summed E-state index contributed by atoms with van der Waals surface area (Å²) in [5.41, 5.74) is 0. The van der Waals surface area contributed by atoms with E-state index in [0.717, 1.165) is 39.0 Å². The van der Waals surface area contributed by atoms with Gasteiger partial charge in [-0.3, -0.25) is 4.99 Å². The van der Waals surface area contributed by atoms with Crippen LogP contribution in [-0.2, 0) is 21.3 Å². The van der Waals surface area contributed by atoms with Crippen LogP contribution in [0.1, 0.15) is 26.2 Å². The molecule has 156 valence electrons. The summed E-state index contributed by atoms with van der Waals surface area (Å²) in [7, 11) is -3.34. The van der Waals surface area contributed by atoms with Gasteiger partial charge in [-0.05, 0) is 38.3 Å². The fourth-order valence-corrected chi connectivity index (χ4v) is 3.62. The van der Waals surface area contributed by atoms with E-state index in [-0.39, 0.29) is 42.4 Å². The van der Waals surface area contributed by atoms with Crippen molar-refractivity contribution in [2.24, 2.45) is 4.99 Å². The number of aliphatic imine (C=N–C) groups is 1. The first-order valence-corrected chi connectivity index (χ1v) is 11.0. The number of halogens is 1. The molecule has 1 aliphatic rings. The van der Waals surface area contributed by atoms with E-state index < -0.39 is 10.0 Å². The molecule has 0 radical (unpaired) electrons. The number of guanidine groups is 1. The van der Waals surface area contributed by atoms with Crippen molar-refractivity contribution in [3.63, 3.8) is 0 Å². The summed E-state index contributed by atoms with van der Waals surface area (Å²) in [5, 5.41) is 6.34. The molecule has 2 rings (SSSR count). The Labute approximate surface area is 179 Å². The molecule has 1 saturated heterocycles. The van der Waals surface area contributed by atoms with Crippen molar-refractivity contribution in [2.75, 3.05) is 38.5 Å². The number of rotatable bonds is 10. The third-order valence-corrected chi connectivity index (χ3v) is 5.43. The third-order valence-electron chi connectivity index (χ3n) is 4.11. The summed E-state index contributed by atoms with van der Waals surface area (Å²) in [4.78, 5) is 4.35. The van der Waals surface area contributed by atoms with Crippen molar-refractivity contribution in [1.29, 1.82) is 0 Å². The van der Waals surface area contributed by atoms with Crippen molar-refractivity contribution in [3.05, 3.63) is 24.5 Å². The van der Waals surface area contributed by atoms with Gasteiger partial charge in [0.05, 0.1) is 18.4 Å². The largest absolute Gasteiger partial charge is 0.377 e. The molecular formula is C17H32IN5O3S. The number of aromatic nitrogens is 1. The smallest absolute Gasteiger partial charge is 0.213 e. The van der Waals surface area contributed by atoms with Gasteiger partial charge in [-0.25, -0.2) is 13.1 Å². The first kappa shape index (κ1) is 24.2. The molecule has 1 aliphatic heterocycles. The van der Waals surface area contributed by atoms with Crippen LogP contribution in [0.5, 0.6) is 0 Å². The van der Waals surface area contributed by atoms with Crippen LogP contribution in [0.3, 0.4) is 0 Å². The molecule has 0 bridgehead atoms. The number of nitrogens with one attached hydrogen (secondary N) is 3. The van der Waals surface area contributed by atoms with Gasteiger partial charge in [0.25, 0.3) is 0 Å². The zero-order chi connectivity index (χ0) is 18.7. The minimum absolute atomic E-state index is 0. The number of nitrogens with zero attached hydrogens (tertiary/aromatic N) is 2. The maximum Gasteiger partial charge on any atom is 0.213 e. The van der Waals surface area contributed by atoms with Gasteiger partial charge in [0.2, 0.25) is 10.0 Å². The Bertz CT molecular complexity index is 631. The minimum Gasteiger partial charge on any atom is -0.377 e. The van der Waals surface area contributed by atoms with E-state index in [0.29, 0.717) is 19.0 Å². The highest BCUT2D eigenvalue weighted by Crippen LogP contribution is 2.11. The Morgan fingerprint density at radius 2 is 2.04 bits per heavy atom. The molecule has 0 spiro atoms. The molecule has 0 amide bonds. The number of sulfonamides is 1. The number of hydrogen-bond acceptors (Lipinski definition) is 4. The van der Waals surface area contributed by atoms with Gasteiger partial charge >= 0.3 is 0 Å². The molecule has 1 unspecified atom stereocenters. The van der Waals surface area contributed by atoms with Crippen LogP contribution in [0.15, 0.2) is 29.5 Å². The van der Waals surface area contributed by atoms with Crippen LogP contribution in [0.2, 0.25) is 0 Å². The van der Waals surface area contributed by atoms with Crippen LogP contribution in [-0.4, -0.2) is 63.6 Å². The molecule has 27 heavy (non-hydrogen) atoms. The van der Waals surface area contributed by atoms with Crippen molar-refractivity contribution in [1.82, 2.24) is 19.9 Å². The molecule has 3 N–H and O–H groups in total. The molecule has 1 aromatic rings. The normalized spacial score (nSPS) is 18.0. The lowest BCUT2D eigenvalue weighted by molar-refractivity contribution is 0.0200.